The Morgan fingerprint density at radius 2 is 2.06 bits per heavy atom. The molecule has 1 spiro atoms. The van der Waals surface area contributed by atoms with Crippen molar-refractivity contribution in [2.45, 2.75) is 57.3 Å². The van der Waals surface area contributed by atoms with Gasteiger partial charge in [-0.05, 0) is 36.6 Å². The molecule has 4 rings (SSSR count). The van der Waals surface area contributed by atoms with Crippen molar-refractivity contribution in [1.82, 2.24) is 10.4 Å². The van der Waals surface area contributed by atoms with Crippen molar-refractivity contribution in [3.63, 3.8) is 0 Å². The monoisotopic (exact) mass is 428 g/mol. The van der Waals surface area contributed by atoms with Crippen molar-refractivity contribution in [2.24, 2.45) is 0 Å². The SMILES string of the molecule is CC(=O)N1CCC2(CC1)CC(=O)c1cc(/C=C/C(=O)NOC3CCCCO3)ccc1O2. The fourth-order valence-corrected chi connectivity index (χ4v) is 4.26. The molecular formula is C23H28N2O6. The van der Waals surface area contributed by atoms with E-state index in [0.717, 1.165) is 24.8 Å². The van der Waals surface area contributed by atoms with Gasteiger partial charge in [-0.3, -0.25) is 14.4 Å². The van der Waals surface area contributed by atoms with Crippen LogP contribution in [0.25, 0.3) is 6.08 Å². The Balaban J connectivity index is 1.36. The van der Waals surface area contributed by atoms with E-state index in [4.69, 9.17) is 14.3 Å². The molecule has 0 bridgehead atoms. The number of nitrogens with one attached hydrogen (secondary N) is 1. The van der Waals surface area contributed by atoms with Crippen LogP contribution in [0.1, 0.15) is 61.4 Å². The zero-order valence-corrected chi connectivity index (χ0v) is 17.7. The third kappa shape index (κ3) is 5.14. The van der Waals surface area contributed by atoms with E-state index >= 15 is 0 Å². The summed E-state index contributed by atoms with van der Waals surface area (Å²) < 4.78 is 11.6. The van der Waals surface area contributed by atoms with Crippen LogP contribution < -0.4 is 10.2 Å². The van der Waals surface area contributed by atoms with Gasteiger partial charge in [-0.25, -0.2) is 10.3 Å². The Labute approximate surface area is 181 Å². The van der Waals surface area contributed by atoms with Crippen molar-refractivity contribution in [3.05, 3.63) is 35.4 Å². The van der Waals surface area contributed by atoms with Gasteiger partial charge in [0.05, 0.1) is 12.0 Å². The average Bonchev–Trinajstić information content (AvgIpc) is 2.77. The minimum atomic E-state index is -0.536. The number of Topliss-reactive ketones (excluding diaryl/α,β-unsaturated/α-hetero) is 1. The van der Waals surface area contributed by atoms with E-state index in [1.807, 2.05) is 6.07 Å². The van der Waals surface area contributed by atoms with Gasteiger partial charge in [0.15, 0.2) is 12.1 Å². The van der Waals surface area contributed by atoms with Crippen LogP contribution >= 0.6 is 0 Å². The van der Waals surface area contributed by atoms with Crippen molar-refractivity contribution in [1.29, 1.82) is 0 Å². The number of ketones is 1. The molecule has 8 heteroatoms. The largest absolute Gasteiger partial charge is 0.486 e. The number of rotatable bonds is 4. The molecule has 3 aliphatic heterocycles. The quantitative estimate of drug-likeness (QED) is 0.585. The maximum Gasteiger partial charge on any atom is 0.267 e. The highest BCUT2D eigenvalue weighted by Crippen LogP contribution is 2.39. The number of carbonyl (C=O) groups is 3. The number of hydroxylamine groups is 1. The van der Waals surface area contributed by atoms with E-state index in [9.17, 15) is 14.4 Å². The van der Waals surface area contributed by atoms with E-state index in [-0.39, 0.29) is 11.7 Å². The smallest absolute Gasteiger partial charge is 0.267 e. The summed E-state index contributed by atoms with van der Waals surface area (Å²) in [6, 6.07) is 5.32. The van der Waals surface area contributed by atoms with Crippen molar-refractivity contribution < 1.29 is 28.7 Å². The number of hydrogen-bond donors (Lipinski definition) is 1. The molecule has 0 radical (unpaired) electrons. The first kappa shape index (κ1) is 21.5. The zero-order valence-electron chi connectivity index (χ0n) is 17.7. The summed E-state index contributed by atoms with van der Waals surface area (Å²) in [6.45, 7) is 3.40. The maximum absolute atomic E-state index is 12.8. The van der Waals surface area contributed by atoms with Crippen LogP contribution in [-0.4, -0.2) is 54.1 Å². The van der Waals surface area contributed by atoms with Gasteiger partial charge in [-0.1, -0.05) is 6.07 Å². The van der Waals surface area contributed by atoms with E-state index in [1.165, 1.54) is 6.08 Å². The summed E-state index contributed by atoms with van der Waals surface area (Å²) in [6.07, 6.45) is 6.94. The molecule has 3 heterocycles. The molecule has 1 atom stereocenters. The molecule has 0 aliphatic carbocycles. The first-order chi connectivity index (χ1) is 14.9. The topological polar surface area (TPSA) is 94.2 Å². The fourth-order valence-electron chi connectivity index (χ4n) is 4.26. The second kappa shape index (κ2) is 9.20. The lowest BCUT2D eigenvalue weighted by Crippen LogP contribution is -2.51. The first-order valence-electron chi connectivity index (χ1n) is 10.8. The number of hydrogen-bond acceptors (Lipinski definition) is 6. The molecule has 1 aromatic carbocycles. The lowest BCUT2D eigenvalue weighted by Gasteiger charge is -2.43. The number of carbonyl (C=O) groups excluding carboxylic acids is 3. The van der Waals surface area contributed by atoms with E-state index in [1.54, 1.807) is 30.0 Å². The van der Waals surface area contributed by atoms with Crippen LogP contribution in [0.5, 0.6) is 5.75 Å². The van der Waals surface area contributed by atoms with Crippen LogP contribution in [0.15, 0.2) is 24.3 Å². The Hall–Kier alpha value is -2.71. The Morgan fingerprint density at radius 1 is 1.26 bits per heavy atom. The van der Waals surface area contributed by atoms with E-state index < -0.39 is 17.8 Å². The van der Waals surface area contributed by atoms with Gasteiger partial charge in [0, 0.05) is 52.0 Å². The highest BCUT2D eigenvalue weighted by molar-refractivity contribution is 6.01. The minimum absolute atomic E-state index is 0.0232. The average molecular weight is 428 g/mol. The van der Waals surface area contributed by atoms with Crippen LogP contribution in [0.3, 0.4) is 0 Å². The van der Waals surface area contributed by atoms with Crippen LogP contribution in [0, 0.1) is 0 Å². The first-order valence-corrected chi connectivity index (χ1v) is 10.8. The molecule has 31 heavy (non-hydrogen) atoms. The lowest BCUT2D eigenvalue weighted by molar-refractivity contribution is -0.198. The third-order valence-corrected chi connectivity index (χ3v) is 6.09. The predicted octanol–water partition coefficient (Wildman–Crippen LogP) is 2.62. The van der Waals surface area contributed by atoms with Gasteiger partial charge < -0.3 is 14.4 Å². The van der Waals surface area contributed by atoms with Crippen LogP contribution in [-0.2, 0) is 19.2 Å². The Morgan fingerprint density at radius 3 is 2.77 bits per heavy atom. The normalized spacial score (nSPS) is 22.8. The molecule has 2 amide bonds. The van der Waals surface area contributed by atoms with Gasteiger partial charge in [0.25, 0.3) is 5.91 Å². The van der Waals surface area contributed by atoms with Gasteiger partial charge in [-0.15, -0.1) is 0 Å². The molecule has 1 unspecified atom stereocenters. The van der Waals surface area contributed by atoms with Gasteiger partial charge >= 0.3 is 0 Å². The molecule has 0 saturated carbocycles. The number of nitrogens with zero attached hydrogens (tertiary/aromatic N) is 1. The number of benzene rings is 1. The molecule has 166 valence electrons. The molecule has 1 N–H and O–H groups in total. The zero-order chi connectivity index (χ0) is 21.8. The van der Waals surface area contributed by atoms with Crippen LogP contribution in [0.2, 0.25) is 0 Å². The number of fused-ring (bicyclic) bond motifs is 1. The van der Waals surface area contributed by atoms with E-state index in [2.05, 4.69) is 5.48 Å². The summed E-state index contributed by atoms with van der Waals surface area (Å²) >= 11 is 0. The van der Waals surface area contributed by atoms with E-state index in [0.29, 0.717) is 50.3 Å². The number of amides is 2. The van der Waals surface area contributed by atoms with Crippen molar-refractivity contribution in [3.8, 4) is 5.75 Å². The second-order valence-electron chi connectivity index (χ2n) is 8.36. The third-order valence-electron chi connectivity index (χ3n) is 6.09. The summed E-state index contributed by atoms with van der Waals surface area (Å²) in [4.78, 5) is 43.5. The Kier molecular flexibility index (Phi) is 6.38. The molecule has 2 fully saturated rings. The summed E-state index contributed by atoms with van der Waals surface area (Å²) in [5.41, 5.74) is 3.08. The molecule has 3 aliphatic rings. The Bertz CT molecular complexity index is 882. The number of likely N-dealkylation sites (tertiary alicyclic amines) is 1. The van der Waals surface area contributed by atoms with Crippen molar-refractivity contribution >= 4 is 23.7 Å². The van der Waals surface area contributed by atoms with Gasteiger partial charge in [-0.2, -0.15) is 0 Å². The molecule has 8 nitrogen and oxygen atoms in total. The summed E-state index contributed by atoms with van der Waals surface area (Å²) in [7, 11) is 0. The molecule has 0 aromatic heterocycles. The number of ether oxygens (including phenoxy) is 2. The highest BCUT2D eigenvalue weighted by atomic mass is 16.8. The molecular weight excluding hydrogens is 400 g/mol. The highest BCUT2D eigenvalue weighted by Gasteiger charge is 2.43. The fraction of sp³-hybridized carbons (Fsp3) is 0.522. The predicted molar refractivity (Wildman–Crippen MR) is 112 cm³/mol. The standard InChI is InChI=1S/C23H28N2O6/c1-16(26)25-11-9-23(10-12-25)15-19(27)18-14-17(5-7-20(18)30-23)6-8-21(28)24-31-22-4-2-3-13-29-22/h5-8,14,22H,2-4,9-13,15H2,1H3,(H,24,28)/b8-6+. The molecule has 1 aromatic rings. The van der Waals surface area contributed by atoms with Gasteiger partial charge in [0.2, 0.25) is 5.91 Å². The van der Waals surface area contributed by atoms with Crippen molar-refractivity contribution in [2.75, 3.05) is 19.7 Å². The maximum atomic E-state index is 12.8. The lowest BCUT2D eigenvalue weighted by atomic mass is 9.82. The van der Waals surface area contributed by atoms with Crippen LogP contribution in [0.4, 0.5) is 0 Å². The second-order valence-corrected chi connectivity index (χ2v) is 8.36. The number of piperidine rings is 1. The minimum Gasteiger partial charge on any atom is -0.486 e. The summed E-state index contributed by atoms with van der Waals surface area (Å²) in [5, 5.41) is 0. The summed E-state index contributed by atoms with van der Waals surface area (Å²) in [5.74, 6) is 0.238. The molecule has 2 saturated heterocycles. The van der Waals surface area contributed by atoms with Gasteiger partial charge in [0.1, 0.15) is 11.4 Å².